The molecular formula is C19H27B2NO4. The molecule has 0 atom stereocenters. The zero-order valence-electron chi connectivity index (χ0n) is 17.0. The molecule has 0 saturated carbocycles. The number of benzene rings is 1. The molecule has 2 fully saturated rings. The highest BCUT2D eigenvalue weighted by atomic mass is 16.7. The quantitative estimate of drug-likeness (QED) is 0.761. The molecule has 2 heterocycles. The number of hydrogen-bond donors (Lipinski definition) is 0. The summed E-state index contributed by atoms with van der Waals surface area (Å²) in [7, 11) is -1.12. The van der Waals surface area contributed by atoms with Crippen LogP contribution in [0.25, 0.3) is 0 Å². The van der Waals surface area contributed by atoms with Crippen LogP contribution in [-0.2, 0) is 18.6 Å². The van der Waals surface area contributed by atoms with Gasteiger partial charge in [0.2, 0.25) is 0 Å². The maximum absolute atomic E-state index is 9.34. The topological polar surface area (TPSA) is 60.7 Å². The third kappa shape index (κ3) is 2.99. The molecule has 0 aliphatic carbocycles. The largest absolute Gasteiger partial charge is 0.494 e. The number of nitriles is 1. The van der Waals surface area contributed by atoms with Crippen LogP contribution in [0.3, 0.4) is 0 Å². The van der Waals surface area contributed by atoms with E-state index in [1.54, 1.807) is 6.07 Å². The predicted octanol–water partition coefficient (Wildman–Crippen LogP) is 2.16. The van der Waals surface area contributed by atoms with Gasteiger partial charge in [0.25, 0.3) is 0 Å². The van der Waals surface area contributed by atoms with Crippen molar-refractivity contribution in [1.82, 2.24) is 0 Å². The van der Waals surface area contributed by atoms with Crippen molar-refractivity contribution < 1.29 is 18.6 Å². The monoisotopic (exact) mass is 355 g/mol. The highest BCUT2D eigenvalue weighted by Crippen LogP contribution is 2.38. The molecule has 5 nitrogen and oxygen atoms in total. The van der Waals surface area contributed by atoms with Crippen LogP contribution >= 0.6 is 0 Å². The average Bonchev–Trinajstić information content (AvgIpc) is 2.86. The molecule has 0 N–H and O–H groups in total. The van der Waals surface area contributed by atoms with E-state index in [1.807, 2.05) is 67.5 Å². The lowest BCUT2D eigenvalue weighted by molar-refractivity contribution is 0.00578. The van der Waals surface area contributed by atoms with Gasteiger partial charge in [0.1, 0.15) is 0 Å². The molecule has 2 saturated heterocycles. The minimum absolute atomic E-state index is 0.446. The maximum atomic E-state index is 9.34. The van der Waals surface area contributed by atoms with E-state index in [2.05, 4.69) is 6.07 Å². The van der Waals surface area contributed by atoms with Gasteiger partial charge in [0.05, 0.1) is 34.0 Å². The van der Waals surface area contributed by atoms with Gasteiger partial charge in [-0.25, -0.2) is 0 Å². The van der Waals surface area contributed by atoms with Crippen LogP contribution in [0.5, 0.6) is 0 Å². The predicted molar refractivity (Wildman–Crippen MR) is 103 cm³/mol. The minimum atomic E-state index is -0.581. The van der Waals surface area contributed by atoms with Crippen molar-refractivity contribution in [2.45, 2.75) is 77.8 Å². The molecule has 2 aliphatic rings. The van der Waals surface area contributed by atoms with Crippen LogP contribution in [0.4, 0.5) is 0 Å². The van der Waals surface area contributed by atoms with Crippen LogP contribution < -0.4 is 10.9 Å². The van der Waals surface area contributed by atoms with Crippen molar-refractivity contribution in [1.29, 1.82) is 5.26 Å². The van der Waals surface area contributed by atoms with Gasteiger partial charge in [-0.2, -0.15) is 5.26 Å². The van der Waals surface area contributed by atoms with Gasteiger partial charge >= 0.3 is 14.2 Å². The first-order valence-electron chi connectivity index (χ1n) is 9.05. The van der Waals surface area contributed by atoms with Gasteiger partial charge in [-0.15, -0.1) is 0 Å². The lowest BCUT2D eigenvalue weighted by Gasteiger charge is -2.32. The molecule has 0 spiro atoms. The van der Waals surface area contributed by atoms with E-state index in [1.165, 1.54) is 0 Å². The van der Waals surface area contributed by atoms with E-state index in [9.17, 15) is 5.26 Å². The molecule has 7 heteroatoms. The highest BCUT2D eigenvalue weighted by Gasteiger charge is 2.56. The molecule has 0 amide bonds. The summed E-state index contributed by atoms with van der Waals surface area (Å²) in [5.74, 6) is 0. The highest BCUT2D eigenvalue weighted by molar-refractivity contribution is 6.74. The summed E-state index contributed by atoms with van der Waals surface area (Å²) in [5, 5.41) is 9.34. The SMILES string of the molecule is CC1(C)OB(c2ccc(C#N)cc2B2OC(C)(C)C(C)(C)O2)OC1(C)C. The molecule has 0 unspecified atom stereocenters. The second kappa shape index (κ2) is 5.84. The summed E-state index contributed by atoms with van der Waals surface area (Å²) in [6.07, 6.45) is 0. The Morgan fingerprint density at radius 2 is 1.08 bits per heavy atom. The summed E-state index contributed by atoms with van der Waals surface area (Å²) in [6.45, 7) is 16.1. The lowest BCUT2D eigenvalue weighted by Crippen LogP contribution is -2.51. The first-order chi connectivity index (χ1) is 11.8. The van der Waals surface area contributed by atoms with Crippen molar-refractivity contribution >= 4 is 25.2 Å². The van der Waals surface area contributed by atoms with Crippen LogP contribution in [-0.4, -0.2) is 36.6 Å². The summed E-state index contributed by atoms with van der Waals surface area (Å²) in [6, 6.07) is 7.65. The van der Waals surface area contributed by atoms with Gasteiger partial charge in [-0.3, -0.25) is 0 Å². The molecular weight excluding hydrogens is 328 g/mol. The third-order valence-electron chi connectivity index (χ3n) is 6.23. The fraction of sp³-hybridized carbons (Fsp3) is 0.632. The maximum Gasteiger partial charge on any atom is 0.494 e. The zero-order chi connectivity index (χ0) is 19.5. The van der Waals surface area contributed by atoms with Crippen LogP contribution in [0.15, 0.2) is 18.2 Å². The van der Waals surface area contributed by atoms with E-state index >= 15 is 0 Å². The second-order valence-corrected chi connectivity index (χ2v) is 9.13. The van der Waals surface area contributed by atoms with Gasteiger partial charge in [0, 0.05) is 0 Å². The molecule has 1 aromatic carbocycles. The van der Waals surface area contributed by atoms with Crippen molar-refractivity contribution in [3.05, 3.63) is 23.8 Å². The number of rotatable bonds is 2. The standard InChI is InChI=1S/C19H27B2NO4/c1-16(2)17(3,4)24-20(23-16)14-10-9-13(12-22)11-15(14)21-25-18(5,6)19(7,8)26-21/h9-11H,1-8H3. The van der Waals surface area contributed by atoms with E-state index in [0.717, 1.165) is 10.9 Å². The van der Waals surface area contributed by atoms with Crippen LogP contribution in [0, 0.1) is 11.3 Å². The lowest BCUT2D eigenvalue weighted by atomic mass is 9.64. The molecule has 1 aromatic rings. The van der Waals surface area contributed by atoms with Crippen molar-refractivity contribution in [2.75, 3.05) is 0 Å². The van der Waals surface area contributed by atoms with E-state index in [0.29, 0.717) is 5.56 Å². The number of hydrogen-bond acceptors (Lipinski definition) is 5. The Labute approximate surface area is 157 Å². The van der Waals surface area contributed by atoms with E-state index < -0.39 is 36.6 Å². The van der Waals surface area contributed by atoms with Crippen molar-refractivity contribution in [3.8, 4) is 6.07 Å². The van der Waals surface area contributed by atoms with E-state index in [-0.39, 0.29) is 0 Å². The Bertz CT molecular complexity index is 735. The summed E-state index contributed by atoms with van der Waals surface area (Å²) >= 11 is 0. The van der Waals surface area contributed by atoms with Crippen LogP contribution in [0.2, 0.25) is 0 Å². The summed E-state index contributed by atoms with van der Waals surface area (Å²) < 4.78 is 24.8. The van der Waals surface area contributed by atoms with Crippen molar-refractivity contribution in [2.24, 2.45) is 0 Å². The summed E-state index contributed by atoms with van der Waals surface area (Å²) in [4.78, 5) is 0. The third-order valence-corrected chi connectivity index (χ3v) is 6.23. The Balaban J connectivity index is 2.03. The molecule has 26 heavy (non-hydrogen) atoms. The fourth-order valence-electron chi connectivity index (χ4n) is 3.00. The molecule has 3 rings (SSSR count). The molecule has 138 valence electrons. The average molecular weight is 355 g/mol. The van der Waals surface area contributed by atoms with Crippen molar-refractivity contribution in [3.63, 3.8) is 0 Å². The fourth-order valence-corrected chi connectivity index (χ4v) is 3.00. The molecule has 0 aromatic heterocycles. The van der Waals surface area contributed by atoms with Gasteiger partial charge in [-0.05, 0) is 78.4 Å². The number of nitrogens with zero attached hydrogens (tertiary/aromatic N) is 1. The first kappa shape index (κ1) is 19.4. The Morgan fingerprint density at radius 1 is 0.692 bits per heavy atom. The van der Waals surface area contributed by atoms with Gasteiger partial charge < -0.3 is 18.6 Å². The van der Waals surface area contributed by atoms with Gasteiger partial charge in [0.15, 0.2) is 0 Å². The smallest absolute Gasteiger partial charge is 0.399 e. The second-order valence-electron chi connectivity index (χ2n) is 9.13. The van der Waals surface area contributed by atoms with Gasteiger partial charge in [-0.1, -0.05) is 6.07 Å². The normalized spacial score (nSPS) is 25.3. The summed E-state index contributed by atoms with van der Waals surface area (Å²) in [5.41, 5.74) is 0.343. The molecule has 2 aliphatic heterocycles. The Kier molecular flexibility index (Phi) is 4.36. The van der Waals surface area contributed by atoms with Crippen LogP contribution in [0.1, 0.15) is 61.0 Å². The molecule has 0 radical (unpaired) electrons. The Hall–Kier alpha value is -1.32. The minimum Gasteiger partial charge on any atom is -0.399 e. The Morgan fingerprint density at radius 3 is 1.46 bits per heavy atom. The molecule has 0 bridgehead atoms. The first-order valence-corrected chi connectivity index (χ1v) is 9.05. The van der Waals surface area contributed by atoms with E-state index in [4.69, 9.17) is 18.6 Å². The zero-order valence-corrected chi connectivity index (χ0v) is 17.0.